The fourth-order valence-corrected chi connectivity index (χ4v) is 2.75. The highest BCUT2D eigenvalue weighted by Crippen LogP contribution is 2.30. The molecule has 0 amide bonds. The summed E-state index contributed by atoms with van der Waals surface area (Å²) in [7, 11) is 0. The van der Waals surface area contributed by atoms with E-state index in [1.54, 1.807) is 11.3 Å². The topological polar surface area (TPSA) is 12.0 Å². The largest absolute Gasteiger partial charge is 0.310 e. The van der Waals surface area contributed by atoms with Crippen LogP contribution in [0.15, 0.2) is 29.6 Å². The molecule has 18 heavy (non-hydrogen) atoms. The monoisotopic (exact) mass is 279 g/mol. The van der Waals surface area contributed by atoms with E-state index in [9.17, 15) is 0 Å². The number of nitrogens with one attached hydrogen (secondary N) is 1. The lowest BCUT2D eigenvalue weighted by molar-refractivity contribution is 0.589. The summed E-state index contributed by atoms with van der Waals surface area (Å²) in [4.78, 5) is 1.33. The zero-order valence-corrected chi connectivity index (χ0v) is 12.5. The van der Waals surface area contributed by atoms with Gasteiger partial charge in [-0.25, -0.2) is 0 Å². The predicted molar refractivity (Wildman–Crippen MR) is 81.5 cm³/mol. The molecule has 0 spiro atoms. The molecule has 0 fully saturated rings. The normalized spacial score (nSPS) is 11.2. The molecule has 1 N–H and O–H groups in total. The van der Waals surface area contributed by atoms with E-state index in [0.29, 0.717) is 6.04 Å². The van der Waals surface area contributed by atoms with E-state index in [-0.39, 0.29) is 0 Å². The summed E-state index contributed by atoms with van der Waals surface area (Å²) in [5, 5.41) is 6.45. The molecule has 0 aliphatic carbocycles. The van der Waals surface area contributed by atoms with Crippen molar-refractivity contribution >= 4 is 22.9 Å². The Morgan fingerprint density at radius 1 is 1.28 bits per heavy atom. The van der Waals surface area contributed by atoms with E-state index < -0.39 is 0 Å². The van der Waals surface area contributed by atoms with Gasteiger partial charge in [0.15, 0.2) is 0 Å². The Morgan fingerprint density at radius 3 is 2.67 bits per heavy atom. The number of benzene rings is 1. The van der Waals surface area contributed by atoms with Crippen LogP contribution in [0.25, 0.3) is 11.1 Å². The van der Waals surface area contributed by atoms with Gasteiger partial charge in [-0.05, 0) is 47.2 Å². The summed E-state index contributed by atoms with van der Waals surface area (Å²) < 4.78 is 0. The molecule has 2 rings (SSSR count). The first-order valence-corrected chi connectivity index (χ1v) is 7.39. The van der Waals surface area contributed by atoms with Gasteiger partial charge in [0.25, 0.3) is 0 Å². The minimum atomic E-state index is 0.484. The average Bonchev–Trinajstić information content (AvgIpc) is 2.74. The lowest BCUT2D eigenvalue weighted by Gasteiger charge is -2.12. The summed E-state index contributed by atoms with van der Waals surface area (Å²) in [5.74, 6) is 0. The van der Waals surface area contributed by atoms with Crippen molar-refractivity contribution in [1.82, 2.24) is 5.32 Å². The standard InChI is InChI=1S/C15H18ClNS/c1-10(2)17-8-12-4-5-14(16)7-15(12)13-6-11(3)18-9-13/h4-7,9-10,17H,8H2,1-3H3. The number of halogens is 1. The minimum Gasteiger partial charge on any atom is -0.310 e. The highest BCUT2D eigenvalue weighted by atomic mass is 35.5. The van der Waals surface area contributed by atoms with Crippen LogP contribution in [0.5, 0.6) is 0 Å². The molecule has 0 saturated heterocycles. The second-order valence-corrected chi connectivity index (χ2v) is 6.33. The van der Waals surface area contributed by atoms with Gasteiger partial charge in [0.1, 0.15) is 0 Å². The summed E-state index contributed by atoms with van der Waals surface area (Å²) >= 11 is 7.89. The van der Waals surface area contributed by atoms with E-state index >= 15 is 0 Å². The molecule has 1 heterocycles. The van der Waals surface area contributed by atoms with E-state index in [1.165, 1.54) is 21.6 Å². The van der Waals surface area contributed by atoms with Gasteiger partial charge < -0.3 is 5.32 Å². The van der Waals surface area contributed by atoms with Crippen molar-refractivity contribution in [2.45, 2.75) is 33.4 Å². The molecular weight excluding hydrogens is 262 g/mol. The van der Waals surface area contributed by atoms with Crippen molar-refractivity contribution in [2.24, 2.45) is 0 Å². The molecule has 1 aromatic carbocycles. The SMILES string of the molecule is Cc1cc(-c2cc(Cl)ccc2CNC(C)C)cs1. The maximum absolute atomic E-state index is 6.12. The Labute approximate surface area is 118 Å². The molecule has 0 radical (unpaired) electrons. The first-order chi connectivity index (χ1) is 8.56. The van der Waals surface area contributed by atoms with Crippen molar-refractivity contribution in [3.63, 3.8) is 0 Å². The number of hydrogen-bond acceptors (Lipinski definition) is 2. The smallest absolute Gasteiger partial charge is 0.0412 e. The van der Waals surface area contributed by atoms with Crippen LogP contribution in [0.4, 0.5) is 0 Å². The lowest BCUT2D eigenvalue weighted by Crippen LogP contribution is -2.22. The van der Waals surface area contributed by atoms with E-state index in [0.717, 1.165) is 11.6 Å². The Kier molecular flexibility index (Phi) is 4.44. The van der Waals surface area contributed by atoms with Gasteiger partial charge in [-0.3, -0.25) is 0 Å². The molecule has 0 atom stereocenters. The Balaban J connectivity index is 2.34. The zero-order chi connectivity index (χ0) is 13.1. The van der Waals surface area contributed by atoms with Gasteiger partial charge >= 0.3 is 0 Å². The van der Waals surface area contributed by atoms with Crippen LogP contribution in [-0.2, 0) is 6.54 Å². The van der Waals surface area contributed by atoms with Crippen LogP contribution in [0.2, 0.25) is 5.02 Å². The molecule has 2 aromatic rings. The molecule has 96 valence electrons. The molecule has 0 saturated carbocycles. The molecule has 3 heteroatoms. The number of aryl methyl sites for hydroxylation is 1. The maximum atomic E-state index is 6.12. The van der Waals surface area contributed by atoms with Crippen molar-refractivity contribution in [3.8, 4) is 11.1 Å². The molecule has 0 bridgehead atoms. The van der Waals surface area contributed by atoms with E-state index in [2.05, 4.69) is 49.7 Å². The first kappa shape index (κ1) is 13.6. The van der Waals surface area contributed by atoms with Crippen LogP contribution in [0.3, 0.4) is 0 Å². The molecule has 0 unspecified atom stereocenters. The van der Waals surface area contributed by atoms with Crippen LogP contribution in [0.1, 0.15) is 24.3 Å². The molecule has 1 nitrogen and oxygen atoms in total. The minimum absolute atomic E-state index is 0.484. The summed E-state index contributed by atoms with van der Waals surface area (Å²) in [6, 6.07) is 8.83. The third kappa shape index (κ3) is 3.35. The van der Waals surface area contributed by atoms with Gasteiger partial charge in [-0.2, -0.15) is 0 Å². The Hall–Kier alpha value is -0.830. The second-order valence-electron chi connectivity index (χ2n) is 4.78. The highest BCUT2D eigenvalue weighted by molar-refractivity contribution is 7.10. The second kappa shape index (κ2) is 5.87. The third-order valence-electron chi connectivity index (χ3n) is 2.81. The van der Waals surface area contributed by atoms with Crippen LogP contribution < -0.4 is 5.32 Å². The van der Waals surface area contributed by atoms with Crippen molar-refractivity contribution < 1.29 is 0 Å². The van der Waals surface area contributed by atoms with Crippen molar-refractivity contribution in [3.05, 3.63) is 45.1 Å². The van der Waals surface area contributed by atoms with Crippen LogP contribution >= 0.6 is 22.9 Å². The van der Waals surface area contributed by atoms with Gasteiger partial charge in [0, 0.05) is 22.5 Å². The maximum Gasteiger partial charge on any atom is 0.0412 e. The molecule has 1 aromatic heterocycles. The summed E-state index contributed by atoms with van der Waals surface area (Å²) in [6.45, 7) is 7.32. The Bertz CT molecular complexity index is 531. The zero-order valence-electron chi connectivity index (χ0n) is 11.0. The van der Waals surface area contributed by atoms with E-state index in [4.69, 9.17) is 11.6 Å². The van der Waals surface area contributed by atoms with Crippen molar-refractivity contribution in [2.75, 3.05) is 0 Å². The average molecular weight is 280 g/mol. The van der Waals surface area contributed by atoms with Crippen molar-refractivity contribution in [1.29, 1.82) is 0 Å². The number of thiophene rings is 1. The molecule has 0 aliphatic rings. The fourth-order valence-electron chi connectivity index (χ4n) is 1.87. The molecule has 0 aliphatic heterocycles. The van der Waals surface area contributed by atoms with Gasteiger partial charge in [0.2, 0.25) is 0 Å². The first-order valence-electron chi connectivity index (χ1n) is 6.13. The van der Waals surface area contributed by atoms with Crippen LogP contribution in [-0.4, -0.2) is 6.04 Å². The number of hydrogen-bond donors (Lipinski definition) is 1. The molecular formula is C15H18ClNS. The predicted octanol–water partition coefficient (Wildman–Crippen LogP) is 4.87. The van der Waals surface area contributed by atoms with Gasteiger partial charge in [-0.1, -0.05) is 31.5 Å². The van der Waals surface area contributed by atoms with Gasteiger partial charge in [-0.15, -0.1) is 11.3 Å². The Morgan fingerprint density at radius 2 is 2.06 bits per heavy atom. The van der Waals surface area contributed by atoms with Crippen LogP contribution in [0, 0.1) is 6.92 Å². The summed E-state index contributed by atoms with van der Waals surface area (Å²) in [5.41, 5.74) is 3.80. The van der Waals surface area contributed by atoms with E-state index in [1.807, 2.05) is 6.07 Å². The third-order valence-corrected chi connectivity index (χ3v) is 3.91. The quantitative estimate of drug-likeness (QED) is 0.841. The van der Waals surface area contributed by atoms with Gasteiger partial charge in [0.05, 0.1) is 0 Å². The number of rotatable bonds is 4. The fraction of sp³-hybridized carbons (Fsp3) is 0.333. The highest BCUT2D eigenvalue weighted by Gasteiger charge is 2.08. The lowest BCUT2D eigenvalue weighted by atomic mass is 10.0. The summed E-state index contributed by atoms with van der Waals surface area (Å²) in [6.07, 6.45) is 0.